The van der Waals surface area contributed by atoms with Gasteiger partial charge in [-0.3, -0.25) is 14.7 Å². The Morgan fingerprint density at radius 2 is 2.11 bits per heavy atom. The van der Waals surface area contributed by atoms with Gasteiger partial charge in [-0.15, -0.1) is 0 Å². The number of hydroxylamine groups is 2. The first kappa shape index (κ1) is 17.1. The lowest BCUT2D eigenvalue weighted by molar-refractivity contribution is -0.122. The third kappa shape index (κ3) is 2.82. The predicted molar refractivity (Wildman–Crippen MR) is 102 cm³/mol. The average molecular weight is 365 g/mol. The van der Waals surface area contributed by atoms with Crippen molar-refractivity contribution in [2.45, 2.75) is 44.6 Å². The first-order valence-electron chi connectivity index (χ1n) is 10.1. The zero-order chi connectivity index (χ0) is 18.4. The first-order valence-corrected chi connectivity index (χ1v) is 10.1. The fourth-order valence-corrected chi connectivity index (χ4v) is 5.84. The Balaban J connectivity index is 1.50. The van der Waals surface area contributed by atoms with Crippen LogP contribution in [0.4, 0.5) is 0 Å². The minimum Gasteiger partial charge on any atom is -0.493 e. The fraction of sp³-hybridized carbons (Fsp3) is 0.522. The van der Waals surface area contributed by atoms with Crippen molar-refractivity contribution in [2.24, 2.45) is 17.3 Å². The average Bonchev–Trinajstić information content (AvgIpc) is 2.90. The van der Waals surface area contributed by atoms with E-state index in [1.807, 2.05) is 5.06 Å². The van der Waals surface area contributed by atoms with Crippen LogP contribution in [-0.2, 0) is 20.8 Å². The second-order valence-electron chi connectivity index (χ2n) is 8.54. The van der Waals surface area contributed by atoms with Gasteiger partial charge in [0.2, 0.25) is 0 Å². The van der Waals surface area contributed by atoms with Crippen LogP contribution in [0.1, 0.15) is 37.7 Å². The molecule has 0 N–H and O–H groups in total. The van der Waals surface area contributed by atoms with Gasteiger partial charge in [-0.05, 0) is 42.7 Å². The van der Waals surface area contributed by atoms with Gasteiger partial charge in [0.25, 0.3) is 0 Å². The van der Waals surface area contributed by atoms with Crippen LogP contribution < -0.4 is 0 Å². The zero-order valence-electron chi connectivity index (χ0n) is 15.9. The summed E-state index contributed by atoms with van der Waals surface area (Å²) in [6, 6.07) is 10.8. The van der Waals surface area contributed by atoms with Crippen LogP contribution in [0.2, 0.25) is 0 Å². The highest BCUT2D eigenvalue weighted by molar-refractivity contribution is 5.83. The largest absolute Gasteiger partial charge is 0.493 e. The molecule has 1 aromatic carbocycles. The monoisotopic (exact) mass is 365 g/mol. The molecule has 4 aliphatic rings. The summed E-state index contributed by atoms with van der Waals surface area (Å²) < 4.78 is 6.42. The molecular weight excluding hydrogens is 338 g/mol. The topological polar surface area (TPSA) is 38.8 Å². The highest BCUT2D eigenvalue weighted by Gasteiger charge is 2.56. The molecule has 1 fully saturated rings. The molecule has 27 heavy (non-hydrogen) atoms. The predicted octanol–water partition coefficient (Wildman–Crippen LogP) is 4.04. The van der Waals surface area contributed by atoms with Gasteiger partial charge in [0, 0.05) is 18.5 Å². The molecule has 4 atom stereocenters. The van der Waals surface area contributed by atoms with E-state index >= 15 is 0 Å². The van der Waals surface area contributed by atoms with Crippen LogP contribution in [0.25, 0.3) is 0 Å². The van der Waals surface area contributed by atoms with Gasteiger partial charge in [-0.25, -0.2) is 0 Å². The minimum absolute atomic E-state index is 0.0638. The SMILES string of the molecule is CON1C=CC23CC(Cc4ccccc4)CCC2OC2=C3C(CC(=O)C2)C1. The van der Waals surface area contributed by atoms with Crippen molar-refractivity contribution in [3.05, 3.63) is 59.5 Å². The van der Waals surface area contributed by atoms with Gasteiger partial charge in [-0.1, -0.05) is 36.4 Å². The minimum atomic E-state index is -0.0638. The molecule has 0 saturated heterocycles. The number of hydrogen-bond acceptors (Lipinski definition) is 4. The summed E-state index contributed by atoms with van der Waals surface area (Å²) in [6.07, 6.45) is 10.1. The van der Waals surface area contributed by atoms with E-state index in [1.54, 1.807) is 7.11 Å². The first-order chi connectivity index (χ1) is 13.2. The molecule has 0 radical (unpaired) electrons. The molecule has 142 valence electrons. The van der Waals surface area contributed by atoms with E-state index in [4.69, 9.17) is 9.57 Å². The van der Waals surface area contributed by atoms with Crippen LogP contribution in [0.15, 0.2) is 53.9 Å². The zero-order valence-corrected chi connectivity index (χ0v) is 15.9. The van der Waals surface area contributed by atoms with Crippen LogP contribution in [0, 0.1) is 17.3 Å². The highest BCUT2D eigenvalue weighted by Crippen LogP contribution is 2.59. The molecule has 1 aromatic rings. The summed E-state index contributed by atoms with van der Waals surface area (Å²) in [7, 11) is 1.70. The van der Waals surface area contributed by atoms with Crippen LogP contribution >= 0.6 is 0 Å². The number of allylic oxidation sites excluding steroid dienone is 1. The van der Waals surface area contributed by atoms with Crippen molar-refractivity contribution in [2.75, 3.05) is 13.7 Å². The van der Waals surface area contributed by atoms with Gasteiger partial charge < -0.3 is 4.74 Å². The van der Waals surface area contributed by atoms with E-state index in [9.17, 15) is 4.79 Å². The lowest BCUT2D eigenvalue weighted by atomic mass is 9.60. The summed E-state index contributed by atoms with van der Waals surface area (Å²) in [4.78, 5) is 17.9. The summed E-state index contributed by atoms with van der Waals surface area (Å²) in [5, 5.41) is 1.89. The smallest absolute Gasteiger partial charge is 0.141 e. The Kier molecular flexibility index (Phi) is 4.12. The lowest BCUT2D eigenvalue weighted by Crippen LogP contribution is -2.41. The summed E-state index contributed by atoms with van der Waals surface area (Å²) in [6.45, 7) is 0.735. The van der Waals surface area contributed by atoms with Crippen molar-refractivity contribution in [3.63, 3.8) is 0 Å². The molecule has 0 amide bonds. The van der Waals surface area contributed by atoms with E-state index in [1.165, 1.54) is 17.6 Å². The number of benzene rings is 1. The van der Waals surface area contributed by atoms with E-state index in [2.05, 4.69) is 42.6 Å². The molecular formula is C23H27NO3. The Labute approximate surface area is 160 Å². The number of ketones is 1. The molecule has 2 heterocycles. The maximum atomic E-state index is 12.3. The number of carbonyl (C=O) groups excluding carboxylic acids is 1. The molecule has 1 saturated carbocycles. The molecule has 1 spiro atoms. The number of ether oxygens (including phenoxy) is 1. The van der Waals surface area contributed by atoms with Crippen molar-refractivity contribution in [1.82, 2.24) is 5.06 Å². The normalized spacial score (nSPS) is 34.8. The van der Waals surface area contributed by atoms with Gasteiger partial charge in [-0.2, -0.15) is 0 Å². The number of nitrogens with zero attached hydrogens (tertiary/aromatic N) is 1. The maximum absolute atomic E-state index is 12.3. The number of hydrogen-bond donors (Lipinski definition) is 0. The molecule has 4 nitrogen and oxygen atoms in total. The fourth-order valence-electron chi connectivity index (χ4n) is 5.84. The van der Waals surface area contributed by atoms with Gasteiger partial charge in [0.15, 0.2) is 0 Å². The molecule has 4 unspecified atom stereocenters. The molecule has 2 aliphatic carbocycles. The van der Waals surface area contributed by atoms with Crippen LogP contribution in [0.5, 0.6) is 0 Å². The van der Waals surface area contributed by atoms with Crippen LogP contribution in [-0.4, -0.2) is 30.6 Å². The molecule has 4 heteroatoms. The summed E-state index contributed by atoms with van der Waals surface area (Å²) in [5.41, 5.74) is 2.75. The lowest BCUT2D eigenvalue weighted by Gasteiger charge is -2.42. The molecule has 0 bridgehead atoms. The van der Waals surface area contributed by atoms with Crippen molar-refractivity contribution in [1.29, 1.82) is 0 Å². The highest BCUT2D eigenvalue weighted by atomic mass is 16.7. The van der Waals surface area contributed by atoms with Crippen molar-refractivity contribution >= 4 is 5.78 Å². The van der Waals surface area contributed by atoms with E-state index in [0.717, 1.165) is 31.6 Å². The second kappa shape index (κ2) is 6.52. The molecule has 5 rings (SSSR count). The van der Waals surface area contributed by atoms with E-state index in [-0.39, 0.29) is 17.4 Å². The Bertz CT molecular complexity index is 799. The van der Waals surface area contributed by atoms with Gasteiger partial charge in [0.05, 0.1) is 25.5 Å². The van der Waals surface area contributed by atoms with Crippen molar-refractivity contribution < 1.29 is 14.4 Å². The van der Waals surface area contributed by atoms with E-state index < -0.39 is 0 Å². The van der Waals surface area contributed by atoms with Crippen molar-refractivity contribution in [3.8, 4) is 0 Å². The van der Waals surface area contributed by atoms with Gasteiger partial charge >= 0.3 is 0 Å². The Morgan fingerprint density at radius 1 is 1.26 bits per heavy atom. The van der Waals surface area contributed by atoms with Crippen LogP contribution in [0.3, 0.4) is 0 Å². The van der Waals surface area contributed by atoms with E-state index in [0.29, 0.717) is 24.5 Å². The summed E-state index contributed by atoms with van der Waals surface area (Å²) in [5.74, 6) is 2.11. The number of Topliss-reactive ketones (excluding diaryl/α,β-unsaturated/α-hetero) is 1. The molecule has 0 aromatic heterocycles. The third-order valence-electron chi connectivity index (χ3n) is 6.90. The standard InChI is InChI=1S/C23H27NO3/c1-26-24-10-9-23-14-17(11-16-5-3-2-4-6-16)7-8-21(23)27-20-13-19(25)12-18(15-24)22(20)23/h2-6,9-10,17-18,21H,7-8,11-15H2,1H3. The number of carbonyl (C=O) groups is 1. The second-order valence-corrected chi connectivity index (χ2v) is 8.54. The van der Waals surface area contributed by atoms with Gasteiger partial charge in [0.1, 0.15) is 17.6 Å². The number of rotatable bonds is 3. The maximum Gasteiger partial charge on any atom is 0.141 e. The Morgan fingerprint density at radius 3 is 2.93 bits per heavy atom. The summed E-state index contributed by atoms with van der Waals surface area (Å²) >= 11 is 0. The quantitative estimate of drug-likeness (QED) is 0.810. The molecule has 2 aliphatic heterocycles. The Hall–Kier alpha value is -2.07. The third-order valence-corrected chi connectivity index (χ3v) is 6.90.